The van der Waals surface area contributed by atoms with Crippen molar-refractivity contribution in [2.75, 3.05) is 13.1 Å². The van der Waals surface area contributed by atoms with Crippen molar-refractivity contribution >= 4 is 19.0 Å². The van der Waals surface area contributed by atoms with Crippen molar-refractivity contribution < 1.29 is 29.1 Å². The number of carbonyl (C=O) groups is 2. The predicted octanol–water partition coefficient (Wildman–Crippen LogP) is 2.02. The minimum Gasteiger partial charge on any atom is -0.535 e. The number of amides is 1. The first-order valence-electron chi connectivity index (χ1n) is 9.80. The topological polar surface area (TPSA) is 96.3 Å². The summed E-state index contributed by atoms with van der Waals surface area (Å²) in [4.78, 5) is 26.0. The first-order valence-corrected chi connectivity index (χ1v) is 9.80. The summed E-state index contributed by atoms with van der Waals surface area (Å²) in [6.07, 6.45) is 8.79. The number of nitrogens with zero attached hydrogens (tertiary/aromatic N) is 1. The van der Waals surface area contributed by atoms with E-state index in [1.165, 1.54) is 0 Å². The number of carbonyl (C=O) groups excluding carboxylic acids is 1. The van der Waals surface area contributed by atoms with Crippen LogP contribution < -0.4 is 0 Å². The molecule has 0 aromatic heterocycles. The zero-order valence-corrected chi connectivity index (χ0v) is 15.9. The maximum Gasteiger partial charge on any atom is 0.522 e. The van der Waals surface area contributed by atoms with Crippen LogP contribution in [0.15, 0.2) is 46.5 Å². The average molecular weight is 385 g/mol. The maximum absolute atomic E-state index is 12.5. The van der Waals surface area contributed by atoms with Crippen LogP contribution in [0.5, 0.6) is 0 Å². The van der Waals surface area contributed by atoms with Crippen molar-refractivity contribution in [3.05, 3.63) is 46.5 Å². The summed E-state index contributed by atoms with van der Waals surface area (Å²) in [6.45, 7) is 2.98. The molecule has 2 N–H and O–H groups in total. The fourth-order valence-corrected chi connectivity index (χ4v) is 3.96. The van der Waals surface area contributed by atoms with Gasteiger partial charge in [-0.3, -0.25) is 4.79 Å². The highest BCUT2D eigenvalue weighted by Gasteiger charge is 2.39. The number of hydrogen-bond acceptors (Lipinski definition) is 5. The fourth-order valence-electron chi connectivity index (χ4n) is 3.96. The number of hydrogen-bond donors (Lipinski definition) is 2. The van der Waals surface area contributed by atoms with Crippen molar-refractivity contribution in [2.45, 2.75) is 45.0 Å². The summed E-state index contributed by atoms with van der Waals surface area (Å²) in [6, 6.07) is 0. The van der Waals surface area contributed by atoms with Gasteiger partial charge in [-0.1, -0.05) is 25.2 Å². The molecule has 28 heavy (non-hydrogen) atoms. The van der Waals surface area contributed by atoms with E-state index in [-0.39, 0.29) is 23.3 Å². The lowest BCUT2D eigenvalue weighted by atomic mass is 9.75. The van der Waals surface area contributed by atoms with E-state index in [0.29, 0.717) is 55.9 Å². The molecule has 4 rings (SSSR count). The molecule has 1 amide bonds. The van der Waals surface area contributed by atoms with E-state index in [2.05, 4.69) is 6.92 Å². The molecule has 2 aliphatic carbocycles. The van der Waals surface area contributed by atoms with Crippen molar-refractivity contribution in [1.82, 2.24) is 4.90 Å². The highest BCUT2D eigenvalue weighted by Crippen LogP contribution is 2.38. The van der Waals surface area contributed by atoms with Crippen LogP contribution in [-0.4, -0.2) is 53.2 Å². The Morgan fingerprint density at radius 1 is 1.29 bits per heavy atom. The molecule has 2 aliphatic heterocycles. The Bertz CT molecular complexity index is 821. The summed E-state index contributed by atoms with van der Waals surface area (Å²) in [5, 5.41) is 19.4. The summed E-state index contributed by atoms with van der Waals surface area (Å²) in [5.74, 6) is -0.0381. The van der Waals surface area contributed by atoms with Gasteiger partial charge in [0.05, 0.1) is 13.1 Å². The van der Waals surface area contributed by atoms with E-state index in [0.717, 1.165) is 12.0 Å². The molecule has 1 fully saturated rings. The van der Waals surface area contributed by atoms with Gasteiger partial charge in [-0.15, -0.1) is 0 Å². The van der Waals surface area contributed by atoms with Crippen LogP contribution >= 0.6 is 0 Å². The molecule has 0 spiro atoms. The molecular weight excluding hydrogens is 361 g/mol. The number of carboxylic acid groups (broad SMARTS) is 1. The second-order valence-corrected chi connectivity index (χ2v) is 7.83. The summed E-state index contributed by atoms with van der Waals surface area (Å²) in [5.41, 5.74) is 1.64. The van der Waals surface area contributed by atoms with Gasteiger partial charge in [-0.05, 0) is 37.1 Å². The minimum atomic E-state index is -1.12. The van der Waals surface area contributed by atoms with E-state index in [9.17, 15) is 19.7 Å². The second kappa shape index (κ2) is 7.51. The third kappa shape index (κ3) is 3.61. The van der Waals surface area contributed by atoms with Crippen LogP contribution in [0.1, 0.15) is 32.6 Å². The molecule has 0 saturated carbocycles. The van der Waals surface area contributed by atoms with Gasteiger partial charge in [0.1, 0.15) is 23.2 Å². The Hall–Kier alpha value is -2.48. The van der Waals surface area contributed by atoms with Gasteiger partial charge < -0.3 is 24.4 Å². The summed E-state index contributed by atoms with van der Waals surface area (Å²) < 4.78 is 11.4. The Balaban J connectivity index is 1.41. The maximum atomic E-state index is 12.5. The van der Waals surface area contributed by atoms with E-state index >= 15 is 0 Å². The predicted molar refractivity (Wildman–Crippen MR) is 102 cm³/mol. The Labute approximate surface area is 164 Å². The summed E-state index contributed by atoms with van der Waals surface area (Å²) >= 11 is 0. The van der Waals surface area contributed by atoms with Crippen LogP contribution in [0.25, 0.3) is 0 Å². The van der Waals surface area contributed by atoms with Crippen molar-refractivity contribution in [3.63, 3.8) is 0 Å². The molecule has 0 radical (unpaired) electrons. The second-order valence-electron chi connectivity index (χ2n) is 7.83. The van der Waals surface area contributed by atoms with Crippen molar-refractivity contribution in [2.24, 2.45) is 5.92 Å². The molecule has 8 heteroatoms. The largest absolute Gasteiger partial charge is 0.535 e. The first kappa shape index (κ1) is 18.9. The summed E-state index contributed by atoms with van der Waals surface area (Å²) in [7, 11) is -0.983. The van der Waals surface area contributed by atoms with Gasteiger partial charge in [0.2, 0.25) is 0 Å². The smallest absolute Gasteiger partial charge is 0.522 e. The Morgan fingerprint density at radius 2 is 2.07 bits per heavy atom. The molecule has 7 nitrogen and oxygen atoms in total. The van der Waals surface area contributed by atoms with Gasteiger partial charge in [0.15, 0.2) is 0 Å². The van der Waals surface area contributed by atoms with Gasteiger partial charge >= 0.3 is 13.1 Å². The SMILES string of the molecule is CC1C=CC(C(=O)N2CC(OC3=C(C(=O)O)C4=C(CCB(O)O4)CC3)C2)=CC1. The number of likely N-dealkylation sites (tertiary alicyclic amines) is 1. The molecule has 4 aliphatic rings. The minimum absolute atomic E-state index is 0.0108. The quantitative estimate of drug-likeness (QED) is 0.719. The zero-order chi connectivity index (χ0) is 19.8. The molecule has 148 valence electrons. The van der Waals surface area contributed by atoms with Crippen LogP contribution in [0.4, 0.5) is 0 Å². The van der Waals surface area contributed by atoms with Crippen LogP contribution in [-0.2, 0) is 19.0 Å². The molecule has 1 unspecified atom stereocenters. The number of rotatable bonds is 4. The molecule has 0 aromatic rings. The van der Waals surface area contributed by atoms with Gasteiger partial charge in [-0.25, -0.2) is 4.79 Å². The van der Waals surface area contributed by atoms with Crippen molar-refractivity contribution in [1.29, 1.82) is 0 Å². The lowest BCUT2D eigenvalue weighted by molar-refractivity contribution is -0.139. The molecule has 0 bridgehead atoms. The normalized spacial score (nSPS) is 25.1. The molecular formula is C20H24BNO6. The zero-order valence-electron chi connectivity index (χ0n) is 15.9. The van der Waals surface area contributed by atoms with E-state index < -0.39 is 13.1 Å². The molecule has 2 heterocycles. The highest BCUT2D eigenvalue weighted by atomic mass is 16.5. The van der Waals surface area contributed by atoms with Gasteiger partial charge in [-0.2, -0.15) is 0 Å². The number of carboxylic acids is 1. The number of allylic oxidation sites excluding steroid dienone is 4. The molecule has 1 atom stereocenters. The van der Waals surface area contributed by atoms with Crippen LogP contribution in [0.2, 0.25) is 6.32 Å². The Morgan fingerprint density at radius 3 is 2.75 bits per heavy atom. The lowest BCUT2D eigenvalue weighted by Gasteiger charge is -2.41. The average Bonchev–Trinajstić information content (AvgIpc) is 2.63. The van der Waals surface area contributed by atoms with E-state index in [1.54, 1.807) is 4.90 Å². The third-order valence-electron chi connectivity index (χ3n) is 5.65. The number of ether oxygens (including phenoxy) is 1. The lowest BCUT2D eigenvalue weighted by Crippen LogP contribution is -2.55. The van der Waals surface area contributed by atoms with Crippen LogP contribution in [0.3, 0.4) is 0 Å². The third-order valence-corrected chi connectivity index (χ3v) is 5.65. The number of aliphatic carboxylic acids is 1. The van der Waals surface area contributed by atoms with E-state index in [4.69, 9.17) is 9.39 Å². The molecule has 1 saturated heterocycles. The van der Waals surface area contributed by atoms with Crippen molar-refractivity contribution in [3.8, 4) is 0 Å². The van der Waals surface area contributed by atoms with Crippen LogP contribution in [0, 0.1) is 5.92 Å². The first-order chi connectivity index (χ1) is 13.4. The van der Waals surface area contributed by atoms with E-state index in [1.807, 2.05) is 18.2 Å². The highest BCUT2D eigenvalue weighted by molar-refractivity contribution is 6.43. The molecule has 0 aromatic carbocycles. The fraction of sp³-hybridized carbons (Fsp3) is 0.500. The van der Waals surface area contributed by atoms with Gasteiger partial charge in [0.25, 0.3) is 5.91 Å². The Kier molecular flexibility index (Phi) is 5.06. The monoisotopic (exact) mass is 385 g/mol. The standard InChI is InChI=1S/C20H24BNO6/c1-12-2-4-14(5-3-12)19(23)22-10-15(11-22)27-16-7-6-13-8-9-21(26)28-18(13)17(16)20(24)25/h2,4-5,12,15,26H,3,6-11H2,1H3,(H,24,25). The van der Waals surface area contributed by atoms with Gasteiger partial charge in [0, 0.05) is 12.0 Å².